The van der Waals surface area contributed by atoms with Crippen molar-refractivity contribution >= 4 is 27.3 Å². The summed E-state index contributed by atoms with van der Waals surface area (Å²) in [5, 5.41) is 4.83. The van der Waals surface area contributed by atoms with Gasteiger partial charge in [0, 0.05) is 18.5 Å². The predicted octanol–water partition coefficient (Wildman–Crippen LogP) is 4.91. The Morgan fingerprint density at radius 3 is 2.35 bits per heavy atom. The van der Waals surface area contributed by atoms with Gasteiger partial charge in [0.2, 0.25) is 0 Å². The van der Waals surface area contributed by atoms with Crippen LogP contribution in [0.15, 0.2) is 54.6 Å². The second-order valence-corrected chi connectivity index (χ2v) is 5.92. The highest BCUT2D eigenvalue weighted by molar-refractivity contribution is 6.09. The summed E-state index contributed by atoms with van der Waals surface area (Å²) >= 11 is 0. The fraction of sp³-hybridized carbons (Fsp3) is 0.286. The Bertz CT molecular complexity index is 833. The van der Waals surface area contributed by atoms with E-state index in [4.69, 9.17) is 0 Å². The Morgan fingerprint density at radius 2 is 1.57 bits per heavy atom. The Balaban J connectivity index is 1.88. The molecule has 0 heterocycles. The van der Waals surface area contributed by atoms with Crippen molar-refractivity contribution in [2.24, 2.45) is 0 Å². The van der Waals surface area contributed by atoms with Crippen molar-refractivity contribution in [3.63, 3.8) is 0 Å². The van der Waals surface area contributed by atoms with E-state index in [1.54, 1.807) is 0 Å². The lowest BCUT2D eigenvalue weighted by Crippen LogP contribution is -2.25. The van der Waals surface area contributed by atoms with Crippen molar-refractivity contribution in [1.82, 2.24) is 4.90 Å². The molecule has 3 rings (SSSR count). The molecule has 0 saturated carbocycles. The summed E-state index contributed by atoms with van der Waals surface area (Å²) in [7, 11) is 0. The largest absolute Gasteiger partial charge is 0.303 e. The van der Waals surface area contributed by atoms with Crippen molar-refractivity contribution in [3.8, 4) is 0 Å². The van der Waals surface area contributed by atoms with Gasteiger partial charge in [-0.2, -0.15) is 0 Å². The number of carbonyl (C=O) groups excluding carboxylic acids is 1. The predicted molar refractivity (Wildman–Crippen MR) is 98.2 cm³/mol. The van der Waals surface area contributed by atoms with Gasteiger partial charge in [0.25, 0.3) is 0 Å². The summed E-state index contributed by atoms with van der Waals surface area (Å²) in [6.07, 6.45) is 0.584. The average molecular weight is 305 g/mol. The molecule has 3 aromatic carbocycles. The molecule has 0 amide bonds. The normalized spacial score (nSPS) is 11.4. The zero-order chi connectivity index (χ0) is 16.2. The van der Waals surface area contributed by atoms with Crippen LogP contribution in [0.25, 0.3) is 21.5 Å². The molecule has 2 heteroatoms. The first-order valence-corrected chi connectivity index (χ1v) is 8.40. The van der Waals surface area contributed by atoms with Crippen molar-refractivity contribution in [2.75, 3.05) is 19.6 Å². The molecule has 118 valence electrons. The third-order valence-corrected chi connectivity index (χ3v) is 4.62. The van der Waals surface area contributed by atoms with Crippen LogP contribution >= 0.6 is 0 Å². The molecule has 3 aromatic rings. The number of ketones is 1. The van der Waals surface area contributed by atoms with Crippen LogP contribution in [0.5, 0.6) is 0 Å². The van der Waals surface area contributed by atoms with Crippen molar-refractivity contribution in [3.05, 3.63) is 60.2 Å². The summed E-state index contributed by atoms with van der Waals surface area (Å²) in [6.45, 7) is 7.09. The van der Waals surface area contributed by atoms with Gasteiger partial charge in [0.15, 0.2) is 5.78 Å². The Hall–Kier alpha value is -2.19. The van der Waals surface area contributed by atoms with Crippen LogP contribution in [0.2, 0.25) is 0 Å². The molecular formula is C21H23NO. The number of hydrogen-bond donors (Lipinski definition) is 0. The van der Waals surface area contributed by atoms with Crippen LogP contribution in [-0.4, -0.2) is 30.3 Å². The molecule has 0 spiro atoms. The number of hydrogen-bond acceptors (Lipinski definition) is 2. The van der Waals surface area contributed by atoms with Gasteiger partial charge in [-0.3, -0.25) is 4.79 Å². The first-order valence-electron chi connectivity index (χ1n) is 8.40. The summed E-state index contributed by atoms with van der Waals surface area (Å²) in [6, 6.07) is 18.7. The smallest absolute Gasteiger partial charge is 0.164 e. The molecular weight excluding hydrogens is 282 g/mol. The van der Waals surface area contributed by atoms with Gasteiger partial charge in [-0.05, 0) is 40.7 Å². The van der Waals surface area contributed by atoms with E-state index >= 15 is 0 Å². The molecule has 0 aliphatic carbocycles. The molecule has 0 radical (unpaired) electrons. The van der Waals surface area contributed by atoms with Crippen LogP contribution in [0.4, 0.5) is 0 Å². The average Bonchev–Trinajstić information content (AvgIpc) is 2.61. The molecule has 0 saturated heterocycles. The topological polar surface area (TPSA) is 20.3 Å². The standard InChI is InChI=1S/C21H23NO/c1-3-22(4-2)14-13-21(23)18-11-12-20-17(15-18)10-9-16-7-5-6-8-19(16)20/h5-12,15H,3-4,13-14H2,1-2H3. The van der Waals surface area contributed by atoms with Crippen LogP contribution in [0.1, 0.15) is 30.6 Å². The van der Waals surface area contributed by atoms with E-state index in [9.17, 15) is 4.79 Å². The van der Waals surface area contributed by atoms with Gasteiger partial charge in [0.05, 0.1) is 0 Å². The Morgan fingerprint density at radius 1 is 0.870 bits per heavy atom. The zero-order valence-corrected chi connectivity index (χ0v) is 13.9. The third kappa shape index (κ3) is 3.27. The van der Waals surface area contributed by atoms with E-state index in [-0.39, 0.29) is 5.78 Å². The molecule has 0 bridgehead atoms. The van der Waals surface area contributed by atoms with Crippen LogP contribution < -0.4 is 0 Å². The van der Waals surface area contributed by atoms with Crippen LogP contribution in [-0.2, 0) is 0 Å². The van der Waals surface area contributed by atoms with Gasteiger partial charge in [0.1, 0.15) is 0 Å². The summed E-state index contributed by atoms with van der Waals surface area (Å²) in [5.41, 5.74) is 0.819. The zero-order valence-electron chi connectivity index (χ0n) is 13.9. The minimum absolute atomic E-state index is 0.229. The van der Waals surface area contributed by atoms with Gasteiger partial charge in [-0.25, -0.2) is 0 Å². The second kappa shape index (κ2) is 6.93. The SMILES string of the molecule is CCN(CC)CCC(=O)c1ccc2c(ccc3ccccc32)c1. The molecule has 0 aromatic heterocycles. The molecule has 2 nitrogen and oxygen atoms in total. The van der Waals surface area contributed by atoms with Gasteiger partial charge in [-0.1, -0.05) is 62.4 Å². The molecule has 0 unspecified atom stereocenters. The van der Waals surface area contributed by atoms with Crippen molar-refractivity contribution < 1.29 is 4.79 Å². The molecule has 23 heavy (non-hydrogen) atoms. The number of rotatable bonds is 6. The molecule has 0 aliphatic rings. The van der Waals surface area contributed by atoms with E-state index in [1.165, 1.54) is 16.2 Å². The quantitative estimate of drug-likeness (QED) is 0.476. The van der Waals surface area contributed by atoms with E-state index < -0.39 is 0 Å². The fourth-order valence-electron chi connectivity index (χ4n) is 3.13. The minimum Gasteiger partial charge on any atom is -0.303 e. The number of benzene rings is 3. The number of nitrogens with zero attached hydrogens (tertiary/aromatic N) is 1. The highest BCUT2D eigenvalue weighted by Crippen LogP contribution is 2.26. The molecule has 0 atom stereocenters. The maximum Gasteiger partial charge on any atom is 0.164 e. The third-order valence-electron chi connectivity index (χ3n) is 4.62. The molecule has 0 N–H and O–H groups in total. The van der Waals surface area contributed by atoms with Gasteiger partial charge < -0.3 is 4.90 Å². The molecule has 0 aliphatic heterocycles. The van der Waals surface area contributed by atoms with E-state index in [0.29, 0.717) is 6.42 Å². The van der Waals surface area contributed by atoms with Crippen LogP contribution in [0, 0.1) is 0 Å². The summed E-state index contributed by atoms with van der Waals surface area (Å²) in [5.74, 6) is 0.229. The lowest BCUT2D eigenvalue weighted by molar-refractivity contribution is 0.0966. The van der Waals surface area contributed by atoms with E-state index in [1.807, 2.05) is 12.1 Å². The monoisotopic (exact) mass is 305 g/mol. The second-order valence-electron chi connectivity index (χ2n) is 5.92. The summed E-state index contributed by atoms with van der Waals surface area (Å²) < 4.78 is 0. The number of Topliss-reactive ketones (excluding diaryl/α,β-unsaturated/α-hetero) is 1. The van der Waals surface area contributed by atoms with E-state index in [2.05, 4.69) is 61.2 Å². The number of fused-ring (bicyclic) bond motifs is 3. The first kappa shape index (κ1) is 15.7. The first-order chi connectivity index (χ1) is 11.2. The lowest BCUT2D eigenvalue weighted by atomic mass is 9.98. The fourth-order valence-corrected chi connectivity index (χ4v) is 3.13. The van der Waals surface area contributed by atoms with Crippen molar-refractivity contribution in [1.29, 1.82) is 0 Å². The molecule has 0 fully saturated rings. The summed E-state index contributed by atoms with van der Waals surface area (Å²) in [4.78, 5) is 14.7. The minimum atomic E-state index is 0.229. The number of carbonyl (C=O) groups is 1. The maximum atomic E-state index is 12.5. The van der Waals surface area contributed by atoms with Gasteiger partial charge in [-0.15, -0.1) is 0 Å². The Labute approximate surface area is 137 Å². The highest BCUT2D eigenvalue weighted by atomic mass is 16.1. The van der Waals surface area contributed by atoms with Gasteiger partial charge >= 0.3 is 0 Å². The maximum absolute atomic E-state index is 12.5. The lowest BCUT2D eigenvalue weighted by Gasteiger charge is -2.17. The van der Waals surface area contributed by atoms with E-state index in [0.717, 1.165) is 30.6 Å². The van der Waals surface area contributed by atoms with Crippen LogP contribution in [0.3, 0.4) is 0 Å². The highest BCUT2D eigenvalue weighted by Gasteiger charge is 2.09. The van der Waals surface area contributed by atoms with Crippen molar-refractivity contribution in [2.45, 2.75) is 20.3 Å². The Kier molecular flexibility index (Phi) is 4.73.